The molecule has 0 atom stereocenters. The van der Waals surface area contributed by atoms with Crippen LogP contribution in [0, 0.1) is 0 Å². The summed E-state index contributed by atoms with van der Waals surface area (Å²) in [4.78, 5) is 15.1. The number of ether oxygens (including phenoxy) is 2. The van der Waals surface area contributed by atoms with Crippen molar-refractivity contribution in [1.82, 2.24) is 10.2 Å². The molecular formula is C19H30N2O4. The molecule has 0 unspecified atom stereocenters. The van der Waals surface area contributed by atoms with Crippen LogP contribution in [-0.4, -0.2) is 56.3 Å². The van der Waals surface area contributed by atoms with E-state index in [1.165, 1.54) is 25.7 Å². The van der Waals surface area contributed by atoms with Gasteiger partial charge in [-0.1, -0.05) is 25.7 Å². The predicted molar refractivity (Wildman–Crippen MR) is 94.6 cm³/mol. The Kier molecular flexibility index (Phi) is 6.51. The van der Waals surface area contributed by atoms with Crippen molar-refractivity contribution in [2.75, 3.05) is 40.0 Å². The molecule has 1 aromatic rings. The van der Waals surface area contributed by atoms with Crippen LogP contribution in [0.1, 0.15) is 54.8 Å². The molecule has 6 heteroatoms. The molecule has 0 spiro atoms. The molecule has 6 nitrogen and oxygen atoms in total. The highest BCUT2D eigenvalue weighted by Gasteiger charge is 2.38. The van der Waals surface area contributed by atoms with E-state index in [1.807, 2.05) is 0 Å². The van der Waals surface area contributed by atoms with Gasteiger partial charge in [-0.2, -0.15) is 0 Å². The second kappa shape index (κ2) is 8.83. The van der Waals surface area contributed by atoms with E-state index in [0.717, 1.165) is 39.1 Å². The summed E-state index contributed by atoms with van der Waals surface area (Å²) in [5.41, 5.74) is 0.0535. The van der Waals surface area contributed by atoms with Gasteiger partial charge in [0.25, 0.3) is 5.91 Å². The number of hydrogen-bond acceptors (Lipinski definition) is 5. The van der Waals surface area contributed by atoms with Gasteiger partial charge in [0.15, 0.2) is 5.76 Å². The lowest BCUT2D eigenvalue weighted by Crippen LogP contribution is -2.58. The number of furan rings is 1. The van der Waals surface area contributed by atoms with Crippen molar-refractivity contribution in [2.24, 2.45) is 0 Å². The maximum atomic E-state index is 12.5. The quantitative estimate of drug-likeness (QED) is 0.799. The van der Waals surface area contributed by atoms with E-state index < -0.39 is 0 Å². The normalized spacial score (nSPS) is 21.6. The second-order valence-corrected chi connectivity index (χ2v) is 7.12. The topological polar surface area (TPSA) is 63.9 Å². The number of rotatable bonds is 6. The minimum atomic E-state index is -0.140. The minimum absolute atomic E-state index is 0.0535. The van der Waals surface area contributed by atoms with Gasteiger partial charge in [-0.25, -0.2) is 0 Å². The third-order valence-electron chi connectivity index (χ3n) is 5.47. The van der Waals surface area contributed by atoms with E-state index in [0.29, 0.717) is 24.7 Å². The van der Waals surface area contributed by atoms with Crippen LogP contribution in [0.3, 0.4) is 0 Å². The Balaban J connectivity index is 1.65. The number of morpholine rings is 1. The maximum Gasteiger partial charge on any atom is 0.287 e. The van der Waals surface area contributed by atoms with Crippen LogP contribution < -0.4 is 5.32 Å². The van der Waals surface area contributed by atoms with Crippen LogP contribution in [0.25, 0.3) is 0 Å². The summed E-state index contributed by atoms with van der Waals surface area (Å²) in [5, 5.41) is 3.13. The monoisotopic (exact) mass is 350 g/mol. The number of hydrogen-bond donors (Lipinski definition) is 1. The lowest BCUT2D eigenvalue weighted by atomic mass is 9.87. The van der Waals surface area contributed by atoms with Gasteiger partial charge in [0.1, 0.15) is 12.4 Å². The number of nitrogens with zero attached hydrogens (tertiary/aromatic N) is 1. The highest BCUT2D eigenvalue weighted by atomic mass is 16.5. The Morgan fingerprint density at radius 3 is 2.60 bits per heavy atom. The number of methoxy groups -OCH3 is 1. The van der Waals surface area contributed by atoms with Crippen molar-refractivity contribution < 1.29 is 18.7 Å². The summed E-state index contributed by atoms with van der Waals surface area (Å²) in [6.45, 7) is 4.53. The van der Waals surface area contributed by atoms with E-state index >= 15 is 0 Å². The molecule has 1 aliphatic carbocycles. The van der Waals surface area contributed by atoms with Gasteiger partial charge in [0.2, 0.25) is 0 Å². The SMILES string of the molecule is COCc1ccc(C(=O)NCC2(N3CCOCC3)CCCCCC2)o1. The Hall–Kier alpha value is -1.37. The van der Waals surface area contributed by atoms with Crippen LogP contribution >= 0.6 is 0 Å². The van der Waals surface area contributed by atoms with Crippen molar-refractivity contribution >= 4 is 5.91 Å². The zero-order valence-corrected chi connectivity index (χ0v) is 15.2. The van der Waals surface area contributed by atoms with Crippen LogP contribution in [0.4, 0.5) is 0 Å². The standard InChI is InChI=1S/C19H30N2O4/c1-23-14-16-6-7-17(25-16)18(22)20-15-19(8-4-2-3-5-9-19)21-10-12-24-13-11-21/h6-7H,2-5,8-15H2,1H3,(H,20,22). The van der Waals surface area contributed by atoms with Gasteiger partial charge >= 0.3 is 0 Å². The van der Waals surface area contributed by atoms with E-state index in [1.54, 1.807) is 19.2 Å². The fourth-order valence-corrected chi connectivity index (χ4v) is 4.08. The van der Waals surface area contributed by atoms with Gasteiger partial charge < -0.3 is 19.2 Å². The molecule has 0 aromatic carbocycles. The van der Waals surface area contributed by atoms with Crippen LogP contribution in [-0.2, 0) is 16.1 Å². The molecule has 2 fully saturated rings. The molecule has 0 bridgehead atoms. The summed E-state index contributed by atoms with van der Waals surface area (Å²) >= 11 is 0. The zero-order chi connectivity index (χ0) is 17.5. The zero-order valence-electron chi connectivity index (χ0n) is 15.2. The predicted octanol–water partition coefficient (Wildman–Crippen LogP) is 2.58. The van der Waals surface area contributed by atoms with E-state index in [4.69, 9.17) is 13.9 Å². The molecule has 3 rings (SSSR count). The Morgan fingerprint density at radius 2 is 1.92 bits per heavy atom. The molecule has 1 aliphatic heterocycles. The summed E-state index contributed by atoms with van der Waals surface area (Å²) in [6, 6.07) is 3.51. The molecule has 1 saturated heterocycles. The first-order valence-electron chi connectivity index (χ1n) is 9.42. The molecule has 0 radical (unpaired) electrons. The van der Waals surface area contributed by atoms with Crippen molar-refractivity contribution in [2.45, 2.75) is 50.7 Å². The van der Waals surface area contributed by atoms with Crippen molar-refractivity contribution in [3.8, 4) is 0 Å². The lowest BCUT2D eigenvalue weighted by molar-refractivity contribution is -0.0282. The molecule has 1 N–H and O–H groups in total. The Bertz CT molecular complexity index is 543. The lowest BCUT2D eigenvalue weighted by Gasteiger charge is -2.45. The van der Waals surface area contributed by atoms with E-state index in [2.05, 4.69) is 10.2 Å². The molecular weight excluding hydrogens is 320 g/mol. The number of amides is 1. The van der Waals surface area contributed by atoms with Crippen molar-refractivity contribution in [3.63, 3.8) is 0 Å². The summed E-state index contributed by atoms with van der Waals surface area (Å²) in [5.74, 6) is 0.891. The fraction of sp³-hybridized carbons (Fsp3) is 0.737. The van der Waals surface area contributed by atoms with E-state index in [9.17, 15) is 4.79 Å². The fourth-order valence-electron chi connectivity index (χ4n) is 4.08. The Morgan fingerprint density at radius 1 is 1.20 bits per heavy atom. The van der Waals surface area contributed by atoms with Crippen LogP contribution in [0.15, 0.2) is 16.5 Å². The highest BCUT2D eigenvalue weighted by molar-refractivity contribution is 5.91. The first-order valence-corrected chi connectivity index (χ1v) is 9.42. The van der Waals surface area contributed by atoms with Gasteiger partial charge in [-0.3, -0.25) is 9.69 Å². The van der Waals surface area contributed by atoms with Gasteiger partial charge in [0.05, 0.1) is 13.2 Å². The van der Waals surface area contributed by atoms with Gasteiger partial charge in [-0.15, -0.1) is 0 Å². The van der Waals surface area contributed by atoms with Gasteiger partial charge in [0, 0.05) is 32.3 Å². The van der Waals surface area contributed by atoms with Gasteiger partial charge in [-0.05, 0) is 25.0 Å². The minimum Gasteiger partial charge on any atom is -0.453 e. The smallest absolute Gasteiger partial charge is 0.287 e. The van der Waals surface area contributed by atoms with Crippen LogP contribution in [0.2, 0.25) is 0 Å². The average Bonchev–Trinajstić information content (AvgIpc) is 2.98. The number of carbonyl (C=O) groups is 1. The molecule has 1 aromatic heterocycles. The molecule has 1 amide bonds. The third kappa shape index (κ3) is 4.63. The molecule has 2 aliphatic rings. The molecule has 140 valence electrons. The van der Waals surface area contributed by atoms with E-state index in [-0.39, 0.29) is 11.4 Å². The van der Waals surface area contributed by atoms with Crippen LogP contribution in [0.5, 0.6) is 0 Å². The van der Waals surface area contributed by atoms with Crippen molar-refractivity contribution in [1.29, 1.82) is 0 Å². The molecule has 2 heterocycles. The summed E-state index contributed by atoms with van der Waals surface area (Å²) < 4.78 is 16.1. The Labute approximate surface area is 149 Å². The number of nitrogens with one attached hydrogen (secondary N) is 1. The largest absolute Gasteiger partial charge is 0.453 e. The average molecular weight is 350 g/mol. The summed E-state index contributed by atoms with van der Waals surface area (Å²) in [7, 11) is 1.61. The summed E-state index contributed by atoms with van der Waals surface area (Å²) in [6.07, 6.45) is 7.32. The second-order valence-electron chi connectivity index (χ2n) is 7.12. The first-order chi connectivity index (χ1) is 12.2. The van der Waals surface area contributed by atoms with Crippen molar-refractivity contribution in [3.05, 3.63) is 23.7 Å². The molecule has 1 saturated carbocycles. The number of carbonyl (C=O) groups excluding carboxylic acids is 1. The third-order valence-corrected chi connectivity index (χ3v) is 5.47. The highest BCUT2D eigenvalue weighted by Crippen LogP contribution is 2.33. The maximum absolute atomic E-state index is 12.5. The molecule has 25 heavy (non-hydrogen) atoms. The first kappa shape index (κ1) is 18.4.